The van der Waals surface area contributed by atoms with E-state index >= 15 is 0 Å². The maximum atomic E-state index is 12.7. The highest BCUT2D eigenvalue weighted by Gasteiger charge is 2.38. The van der Waals surface area contributed by atoms with Crippen LogP contribution in [-0.2, 0) is 11.2 Å². The Kier molecular flexibility index (Phi) is 7.91. The molecule has 4 atom stereocenters. The largest absolute Gasteiger partial charge is 0.426 e. The molecule has 1 aromatic carbocycles. The number of aryl methyl sites for hydroxylation is 1. The Labute approximate surface area is 189 Å². The number of carbonyl (C=O) groups is 1. The smallest absolute Gasteiger partial charge is 0.314 e. The molecular formula is C29H42O2. The van der Waals surface area contributed by atoms with Gasteiger partial charge >= 0.3 is 5.97 Å². The molecule has 0 radical (unpaired) electrons. The molecule has 0 aliphatic heterocycles. The molecule has 4 rings (SSSR count). The van der Waals surface area contributed by atoms with Crippen molar-refractivity contribution in [3.05, 3.63) is 42.0 Å². The number of hydrogen-bond donors (Lipinski definition) is 0. The first-order chi connectivity index (χ1) is 15.1. The Hall–Kier alpha value is -1.57. The van der Waals surface area contributed by atoms with Crippen molar-refractivity contribution in [3.63, 3.8) is 0 Å². The van der Waals surface area contributed by atoms with Crippen molar-refractivity contribution < 1.29 is 9.53 Å². The summed E-state index contributed by atoms with van der Waals surface area (Å²) >= 11 is 0. The van der Waals surface area contributed by atoms with Gasteiger partial charge in [0.2, 0.25) is 0 Å². The summed E-state index contributed by atoms with van der Waals surface area (Å²) in [6.07, 6.45) is 19.6. The van der Waals surface area contributed by atoms with E-state index in [1.54, 1.807) is 0 Å². The second-order valence-electron chi connectivity index (χ2n) is 10.8. The van der Waals surface area contributed by atoms with Crippen LogP contribution in [0.5, 0.6) is 5.75 Å². The number of hydrogen-bond acceptors (Lipinski definition) is 2. The van der Waals surface area contributed by atoms with E-state index in [9.17, 15) is 4.79 Å². The van der Waals surface area contributed by atoms with Crippen LogP contribution >= 0.6 is 0 Å². The van der Waals surface area contributed by atoms with Gasteiger partial charge in [0, 0.05) is 0 Å². The van der Waals surface area contributed by atoms with E-state index < -0.39 is 0 Å². The third kappa shape index (κ3) is 6.02. The van der Waals surface area contributed by atoms with Crippen molar-refractivity contribution in [2.75, 3.05) is 0 Å². The van der Waals surface area contributed by atoms with Gasteiger partial charge in [-0.1, -0.05) is 37.6 Å². The van der Waals surface area contributed by atoms with E-state index in [1.807, 2.05) is 12.1 Å². The maximum Gasteiger partial charge on any atom is 0.314 e. The highest BCUT2D eigenvalue weighted by atomic mass is 16.5. The Morgan fingerprint density at radius 1 is 0.871 bits per heavy atom. The summed E-state index contributed by atoms with van der Waals surface area (Å²) in [5, 5.41) is 0. The van der Waals surface area contributed by atoms with Crippen molar-refractivity contribution in [1.82, 2.24) is 0 Å². The fourth-order valence-corrected chi connectivity index (χ4v) is 6.75. The third-order valence-electron chi connectivity index (χ3n) is 8.66. The first-order valence-corrected chi connectivity index (χ1v) is 13.0. The fourth-order valence-electron chi connectivity index (χ4n) is 6.75. The summed E-state index contributed by atoms with van der Waals surface area (Å²) in [5.74, 6) is 5.52. The first kappa shape index (κ1) is 22.6. The summed E-state index contributed by atoms with van der Waals surface area (Å²) in [5.41, 5.74) is 1.29. The predicted molar refractivity (Wildman–Crippen MR) is 128 cm³/mol. The summed E-state index contributed by atoms with van der Waals surface area (Å²) in [6.45, 7) is 4.50. The molecule has 2 heteroatoms. The van der Waals surface area contributed by atoms with Gasteiger partial charge in [-0.15, -0.1) is 0 Å². The summed E-state index contributed by atoms with van der Waals surface area (Å²) in [4.78, 5) is 12.7. The molecule has 170 valence electrons. The summed E-state index contributed by atoms with van der Waals surface area (Å²) < 4.78 is 5.74. The van der Waals surface area contributed by atoms with Gasteiger partial charge < -0.3 is 4.74 Å². The van der Waals surface area contributed by atoms with E-state index in [-0.39, 0.29) is 11.9 Å². The zero-order valence-corrected chi connectivity index (χ0v) is 19.7. The average molecular weight is 423 g/mol. The Bertz CT molecular complexity index is 726. The molecule has 3 aliphatic carbocycles. The second kappa shape index (κ2) is 10.8. The minimum absolute atomic E-state index is 0.00917. The van der Waals surface area contributed by atoms with Crippen molar-refractivity contribution in [1.29, 1.82) is 0 Å². The van der Waals surface area contributed by atoms with Gasteiger partial charge in [0.05, 0.1) is 5.92 Å². The number of benzene rings is 1. The molecule has 3 aliphatic rings. The molecule has 0 aromatic heterocycles. The standard InChI is InChI=1S/C29H42O2/c1-3-4-5-6-22-8-17-28(18-9-22)31-29(30)24-13-11-23(12-14-24)26-16-15-25-19-21(2)7-10-27(25)20-26/h3-4,8-9,17-18,21,23-27H,5-7,10-16,19-20H2,1-2H3/b4-3+. The highest BCUT2D eigenvalue weighted by Crippen LogP contribution is 2.49. The minimum atomic E-state index is -0.00917. The molecule has 0 N–H and O–H groups in total. The van der Waals surface area contributed by atoms with Crippen LogP contribution in [0.15, 0.2) is 36.4 Å². The van der Waals surface area contributed by atoms with E-state index in [2.05, 4.69) is 38.1 Å². The first-order valence-electron chi connectivity index (χ1n) is 13.0. The van der Waals surface area contributed by atoms with Crippen molar-refractivity contribution in [2.24, 2.45) is 35.5 Å². The monoisotopic (exact) mass is 422 g/mol. The van der Waals surface area contributed by atoms with Crippen LogP contribution in [-0.4, -0.2) is 5.97 Å². The number of carbonyl (C=O) groups excluding carboxylic acids is 1. The molecule has 0 spiro atoms. The average Bonchev–Trinajstić information content (AvgIpc) is 2.80. The zero-order valence-electron chi connectivity index (χ0n) is 19.7. The van der Waals surface area contributed by atoms with Gasteiger partial charge in [0.25, 0.3) is 0 Å². The molecule has 0 amide bonds. The Morgan fingerprint density at radius 2 is 1.48 bits per heavy atom. The van der Waals surface area contributed by atoms with Crippen molar-refractivity contribution in [2.45, 2.75) is 90.9 Å². The molecule has 3 saturated carbocycles. The van der Waals surface area contributed by atoms with Crippen LogP contribution in [0.1, 0.15) is 90.0 Å². The Balaban J connectivity index is 1.21. The zero-order chi connectivity index (χ0) is 21.6. The van der Waals surface area contributed by atoms with Gasteiger partial charge in [-0.3, -0.25) is 4.79 Å². The van der Waals surface area contributed by atoms with E-state index in [1.165, 1.54) is 56.9 Å². The van der Waals surface area contributed by atoms with Gasteiger partial charge in [0.1, 0.15) is 5.75 Å². The van der Waals surface area contributed by atoms with Crippen LogP contribution in [0.25, 0.3) is 0 Å². The molecule has 31 heavy (non-hydrogen) atoms. The lowest BCUT2D eigenvalue weighted by molar-refractivity contribution is -0.140. The lowest BCUT2D eigenvalue weighted by atomic mass is 9.61. The number of allylic oxidation sites excluding steroid dienone is 2. The quantitative estimate of drug-likeness (QED) is 0.266. The van der Waals surface area contributed by atoms with Crippen molar-refractivity contribution >= 4 is 5.97 Å². The number of fused-ring (bicyclic) bond motifs is 1. The van der Waals surface area contributed by atoms with E-state index in [4.69, 9.17) is 4.74 Å². The lowest BCUT2D eigenvalue weighted by Gasteiger charge is -2.44. The highest BCUT2D eigenvalue weighted by molar-refractivity contribution is 5.75. The van der Waals surface area contributed by atoms with Crippen molar-refractivity contribution in [3.8, 4) is 5.75 Å². The fraction of sp³-hybridized carbons (Fsp3) is 0.690. The van der Waals surface area contributed by atoms with Gasteiger partial charge in [-0.25, -0.2) is 0 Å². The molecule has 3 fully saturated rings. The maximum absolute atomic E-state index is 12.7. The third-order valence-corrected chi connectivity index (χ3v) is 8.66. The molecule has 0 heterocycles. The predicted octanol–water partition coefficient (Wildman–Crippen LogP) is 7.76. The number of esters is 1. The van der Waals surface area contributed by atoms with Gasteiger partial charge in [0.15, 0.2) is 0 Å². The molecule has 2 nitrogen and oxygen atoms in total. The molecule has 4 unspecified atom stereocenters. The van der Waals surface area contributed by atoms with Crippen LogP contribution in [0.4, 0.5) is 0 Å². The number of rotatable bonds is 6. The summed E-state index contributed by atoms with van der Waals surface area (Å²) in [7, 11) is 0. The van der Waals surface area contributed by atoms with Crippen LogP contribution in [0.2, 0.25) is 0 Å². The Morgan fingerprint density at radius 3 is 2.19 bits per heavy atom. The molecule has 0 saturated heterocycles. The van der Waals surface area contributed by atoms with Gasteiger partial charge in [-0.05, 0) is 125 Å². The number of ether oxygens (including phenoxy) is 1. The second-order valence-corrected chi connectivity index (χ2v) is 10.8. The van der Waals surface area contributed by atoms with Crippen LogP contribution < -0.4 is 4.74 Å². The SMILES string of the molecule is C/C=C/CCc1ccc(OC(=O)C2CCC(C3CCC4CC(C)CCC4C3)CC2)cc1. The lowest BCUT2D eigenvalue weighted by Crippen LogP contribution is -2.35. The van der Waals surface area contributed by atoms with E-state index in [0.29, 0.717) is 5.75 Å². The normalized spacial score (nSPS) is 33.7. The summed E-state index contributed by atoms with van der Waals surface area (Å²) in [6, 6.07) is 8.09. The van der Waals surface area contributed by atoms with Crippen LogP contribution in [0.3, 0.4) is 0 Å². The van der Waals surface area contributed by atoms with Gasteiger partial charge in [-0.2, -0.15) is 0 Å². The molecule has 0 bridgehead atoms. The minimum Gasteiger partial charge on any atom is -0.426 e. The van der Waals surface area contributed by atoms with E-state index in [0.717, 1.165) is 55.3 Å². The van der Waals surface area contributed by atoms with Crippen LogP contribution in [0, 0.1) is 35.5 Å². The topological polar surface area (TPSA) is 26.3 Å². The molecular weight excluding hydrogens is 380 g/mol. The molecule has 1 aromatic rings.